The number of hydrogen-bond acceptors (Lipinski definition) is 6. The number of nitrogens with zero attached hydrogens (tertiary/aromatic N) is 1. The number of carbonyl (C=O) groups is 1. The molecule has 8 nitrogen and oxygen atoms in total. The first-order chi connectivity index (χ1) is 15.0. The fourth-order valence-electron chi connectivity index (χ4n) is 3.09. The van der Waals surface area contributed by atoms with Crippen LogP contribution in [0.1, 0.15) is 10.4 Å². The van der Waals surface area contributed by atoms with Crippen LogP contribution in [-0.4, -0.2) is 44.5 Å². The van der Waals surface area contributed by atoms with Gasteiger partial charge in [0.15, 0.2) is 0 Å². The van der Waals surface area contributed by atoms with E-state index in [0.717, 1.165) is 4.88 Å². The Bertz CT molecular complexity index is 1300. The Balaban J connectivity index is 1.48. The van der Waals surface area contributed by atoms with Gasteiger partial charge in [0.05, 0.1) is 22.4 Å². The number of nitrogens with one attached hydrogen (secondary N) is 3. The number of fused-ring (bicyclic) bond motifs is 1. The molecule has 0 radical (unpaired) electrons. The Hall–Kier alpha value is -3.21. The Morgan fingerprint density at radius 3 is 2.61 bits per heavy atom. The van der Waals surface area contributed by atoms with Gasteiger partial charge in [-0.2, -0.15) is 0 Å². The Labute approximate surface area is 183 Å². The van der Waals surface area contributed by atoms with Crippen LogP contribution < -0.4 is 14.8 Å². The van der Waals surface area contributed by atoms with Crippen molar-refractivity contribution in [3.63, 3.8) is 0 Å². The second kappa shape index (κ2) is 8.88. The number of benzene rings is 2. The summed E-state index contributed by atoms with van der Waals surface area (Å²) in [5, 5.41) is 4.69. The van der Waals surface area contributed by atoms with E-state index in [4.69, 9.17) is 4.74 Å². The maximum absolute atomic E-state index is 12.8. The van der Waals surface area contributed by atoms with E-state index in [9.17, 15) is 13.2 Å². The fraction of sp³-hybridized carbons (Fsp3) is 0.143. The van der Waals surface area contributed by atoms with E-state index >= 15 is 0 Å². The van der Waals surface area contributed by atoms with Crippen molar-refractivity contribution in [2.75, 3.05) is 20.2 Å². The molecule has 0 aliphatic carbocycles. The van der Waals surface area contributed by atoms with Crippen LogP contribution in [0.15, 0.2) is 64.9 Å². The molecule has 3 N–H and O–H groups in total. The molecule has 31 heavy (non-hydrogen) atoms. The highest BCUT2D eigenvalue weighted by molar-refractivity contribution is 7.89. The second-order valence-electron chi connectivity index (χ2n) is 6.57. The van der Waals surface area contributed by atoms with Gasteiger partial charge in [0.25, 0.3) is 5.91 Å². The smallest absolute Gasteiger partial charge is 0.253 e. The lowest BCUT2D eigenvalue weighted by molar-refractivity contribution is 0.0956. The number of ether oxygens (including phenoxy) is 1. The maximum atomic E-state index is 12.8. The predicted octanol–water partition coefficient (Wildman–Crippen LogP) is 3.01. The summed E-state index contributed by atoms with van der Waals surface area (Å²) in [4.78, 5) is 21.7. The molecule has 1 amide bonds. The van der Waals surface area contributed by atoms with E-state index in [0.29, 0.717) is 28.2 Å². The maximum Gasteiger partial charge on any atom is 0.253 e. The lowest BCUT2D eigenvalue weighted by Crippen LogP contribution is -2.34. The van der Waals surface area contributed by atoms with Gasteiger partial charge >= 0.3 is 0 Å². The normalized spacial score (nSPS) is 11.5. The number of imidazole rings is 1. The average molecular weight is 457 g/mol. The van der Waals surface area contributed by atoms with Gasteiger partial charge in [-0.1, -0.05) is 24.3 Å². The van der Waals surface area contributed by atoms with Gasteiger partial charge in [0, 0.05) is 13.1 Å². The Morgan fingerprint density at radius 1 is 1.10 bits per heavy atom. The number of H-pyrrole nitrogens is 1. The third kappa shape index (κ3) is 4.46. The quantitative estimate of drug-likeness (QED) is 0.353. The SMILES string of the molecule is COc1ccc(C(=O)NCCNS(=O)(=O)c2ccccc2)c2nc(-c3cccs3)[nH]c12. The van der Waals surface area contributed by atoms with Gasteiger partial charge in [-0.25, -0.2) is 18.1 Å². The molecular formula is C21H20N4O4S2. The topological polar surface area (TPSA) is 113 Å². The molecular weight excluding hydrogens is 436 g/mol. The molecule has 2 aromatic carbocycles. The zero-order valence-corrected chi connectivity index (χ0v) is 18.2. The Morgan fingerprint density at radius 2 is 1.90 bits per heavy atom. The first-order valence-electron chi connectivity index (χ1n) is 9.43. The number of hydrogen-bond donors (Lipinski definition) is 3. The van der Waals surface area contributed by atoms with Gasteiger partial charge in [-0.15, -0.1) is 11.3 Å². The van der Waals surface area contributed by atoms with Crippen molar-refractivity contribution < 1.29 is 17.9 Å². The van der Waals surface area contributed by atoms with E-state index in [1.807, 2.05) is 17.5 Å². The fourth-order valence-corrected chi connectivity index (χ4v) is 4.81. The number of aromatic amines is 1. The summed E-state index contributed by atoms with van der Waals surface area (Å²) in [6.07, 6.45) is 0. The average Bonchev–Trinajstić information content (AvgIpc) is 3.46. The van der Waals surface area contributed by atoms with Crippen LogP contribution in [0, 0.1) is 0 Å². The minimum Gasteiger partial charge on any atom is -0.494 e. The lowest BCUT2D eigenvalue weighted by Gasteiger charge is -2.09. The molecule has 4 aromatic rings. The standard InChI is InChI=1S/C21H20N4O4S2/c1-29-16-10-9-15(18-19(16)25-20(24-18)17-8-5-13-30-17)21(26)22-11-12-23-31(27,28)14-6-3-2-4-7-14/h2-10,13,23H,11-12H2,1H3,(H,22,26)(H,24,25). The summed E-state index contributed by atoms with van der Waals surface area (Å²) in [5.74, 6) is 0.882. The van der Waals surface area contributed by atoms with Crippen LogP contribution in [0.4, 0.5) is 0 Å². The lowest BCUT2D eigenvalue weighted by atomic mass is 10.1. The van der Waals surface area contributed by atoms with E-state index in [1.165, 1.54) is 23.5 Å². The largest absolute Gasteiger partial charge is 0.494 e. The summed E-state index contributed by atoms with van der Waals surface area (Å²) in [6.45, 7) is 0.184. The molecule has 160 valence electrons. The van der Waals surface area contributed by atoms with Gasteiger partial charge < -0.3 is 15.0 Å². The number of methoxy groups -OCH3 is 1. The van der Waals surface area contributed by atoms with E-state index in [1.54, 1.807) is 37.4 Å². The molecule has 2 aromatic heterocycles. The number of carbonyl (C=O) groups excluding carboxylic acids is 1. The molecule has 0 spiro atoms. The van der Waals surface area contributed by atoms with Crippen molar-refractivity contribution in [2.45, 2.75) is 4.90 Å². The minimum atomic E-state index is -3.62. The molecule has 10 heteroatoms. The molecule has 0 atom stereocenters. The van der Waals surface area contributed by atoms with Crippen molar-refractivity contribution in [3.05, 3.63) is 65.5 Å². The highest BCUT2D eigenvalue weighted by Crippen LogP contribution is 2.31. The van der Waals surface area contributed by atoms with Crippen LogP contribution in [-0.2, 0) is 10.0 Å². The van der Waals surface area contributed by atoms with Crippen molar-refractivity contribution in [2.24, 2.45) is 0 Å². The first kappa shape index (κ1) is 21.0. The van der Waals surface area contributed by atoms with Gasteiger partial charge in [0.1, 0.15) is 22.6 Å². The molecule has 0 saturated carbocycles. The monoisotopic (exact) mass is 456 g/mol. The summed E-state index contributed by atoms with van der Waals surface area (Å²) >= 11 is 1.54. The summed E-state index contributed by atoms with van der Waals surface area (Å²) in [6, 6.07) is 15.3. The molecule has 0 unspecified atom stereocenters. The third-order valence-corrected chi connectivity index (χ3v) is 6.94. The minimum absolute atomic E-state index is 0.0588. The number of thiophene rings is 1. The highest BCUT2D eigenvalue weighted by atomic mass is 32.2. The van der Waals surface area contributed by atoms with Crippen LogP contribution in [0.3, 0.4) is 0 Å². The van der Waals surface area contributed by atoms with Gasteiger partial charge in [-0.3, -0.25) is 4.79 Å². The van der Waals surface area contributed by atoms with E-state index < -0.39 is 10.0 Å². The van der Waals surface area contributed by atoms with Crippen LogP contribution >= 0.6 is 11.3 Å². The molecule has 0 bridgehead atoms. The zero-order valence-electron chi connectivity index (χ0n) is 16.6. The molecule has 4 rings (SSSR count). The van der Waals surface area contributed by atoms with Gasteiger partial charge in [-0.05, 0) is 35.7 Å². The predicted molar refractivity (Wildman–Crippen MR) is 120 cm³/mol. The molecule has 0 fully saturated rings. The number of sulfonamides is 1. The molecule has 0 saturated heterocycles. The highest BCUT2D eigenvalue weighted by Gasteiger charge is 2.18. The van der Waals surface area contributed by atoms with Crippen LogP contribution in [0.25, 0.3) is 21.7 Å². The first-order valence-corrected chi connectivity index (χ1v) is 11.8. The second-order valence-corrected chi connectivity index (χ2v) is 9.28. The van der Waals surface area contributed by atoms with Crippen LogP contribution in [0.5, 0.6) is 5.75 Å². The molecule has 0 aliphatic rings. The molecule has 0 aliphatic heterocycles. The zero-order chi connectivity index (χ0) is 21.8. The van der Waals surface area contributed by atoms with Crippen molar-refractivity contribution in [1.82, 2.24) is 20.0 Å². The van der Waals surface area contributed by atoms with Crippen LogP contribution in [0.2, 0.25) is 0 Å². The van der Waals surface area contributed by atoms with Gasteiger partial charge in [0.2, 0.25) is 10.0 Å². The Kier molecular flexibility index (Phi) is 6.03. The van der Waals surface area contributed by atoms with E-state index in [2.05, 4.69) is 20.0 Å². The van der Waals surface area contributed by atoms with Crippen molar-refractivity contribution >= 4 is 38.3 Å². The third-order valence-electron chi connectivity index (χ3n) is 4.58. The number of amides is 1. The van der Waals surface area contributed by atoms with E-state index in [-0.39, 0.29) is 23.9 Å². The summed E-state index contributed by atoms with van der Waals surface area (Å²) in [7, 11) is -2.07. The molecule has 2 heterocycles. The summed E-state index contributed by atoms with van der Waals surface area (Å²) < 4.78 is 32.4. The van der Waals surface area contributed by atoms with Crippen molar-refractivity contribution in [3.8, 4) is 16.5 Å². The van der Waals surface area contributed by atoms with Crippen molar-refractivity contribution in [1.29, 1.82) is 0 Å². The number of aromatic nitrogens is 2. The summed E-state index contributed by atoms with van der Waals surface area (Å²) in [5.41, 5.74) is 1.49. The number of rotatable bonds is 8.